The van der Waals surface area contributed by atoms with Crippen molar-refractivity contribution < 1.29 is 20.7 Å². The first-order valence-corrected chi connectivity index (χ1v) is 6.66. The smallest absolute Gasteiger partial charge is 0.337 e. The summed E-state index contributed by atoms with van der Waals surface area (Å²) in [6.45, 7) is 0.441. The summed E-state index contributed by atoms with van der Waals surface area (Å²) >= 11 is 0. The fraction of sp³-hybridized carbons (Fsp3) is 0.923. The quantitative estimate of drug-likeness (QED) is 0.770. The van der Waals surface area contributed by atoms with Crippen LogP contribution in [-0.2, 0) is 14.3 Å². The molecule has 1 saturated carbocycles. The molecule has 0 amide bonds. The minimum Gasteiger partial charge on any atom is -0.434 e. The molecule has 2 rings (SSSR count). The lowest BCUT2D eigenvalue weighted by Crippen LogP contribution is -2.36. The van der Waals surface area contributed by atoms with Gasteiger partial charge in [0.25, 0.3) is 0 Å². The van der Waals surface area contributed by atoms with E-state index in [1.165, 1.54) is 6.42 Å². The molecule has 1 aliphatic carbocycles. The van der Waals surface area contributed by atoms with Gasteiger partial charge in [-0.05, 0) is 31.6 Å². The highest BCUT2D eigenvalue weighted by atomic mass is 16.7. The highest BCUT2D eigenvalue weighted by molar-refractivity contribution is 5.74. The van der Waals surface area contributed by atoms with Gasteiger partial charge in [-0.25, -0.2) is 4.79 Å². The zero-order valence-electron chi connectivity index (χ0n) is 11.2. The Kier molecular flexibility index (Phi) is 4.29. The SMILES string of the molecule is [2H]C1(OC(=O)C(O)C2CCCCC2)CCCCO1. The molecule has 1 saturated heterocycles. The predicted molar refractivity (Wildman–Crippen MR) is 62.3 cm³/mol. The van der Waals surface area contributed by atoms with E-state index in [1.54, 1.807) is 0 Å². The first-order chi connectivity index (χ1) is 8.61. The summed E-state index contributed by atoms with van der Waals surface area (Å²) in [5.41, 5.74) is 0. The molecular formula is C13H22O4. The number of hydrogen-bond donors (Lipinski definition) is 1. The number of rotatable bonds is 3. The van der Waals surface area contributed by atoms with E-state index in [9.17, 15) is 9.90 Å². The summed E-state index contributed by atoms with van der Waals surface area (Å²) in [7, 11) is 0. The zero-order chi connectivity index (χ0) is 13.0. The number of ether oxygens (including phenoxy) is 2. The fourth-order valence-electron chi connectivity index (χ4n) is 2.52. The Morgan fingerprint density at radius 2 is 1.94 bits per heavy atom. The largest absolute Gasteiger partial charge is 0.434 e. The van der Waals surface area contributed by atoms with Crippen molar-refractivity contribution in [3.63, 3.8) is 0 Å². The minimum atomic E-state index is -1.58. The van der Waals surface area contributed by atoms with Crippen molar-refractivity contribution in [2.75, 3.05) is 6.61 Å². The molecule has 0 spiro atoms. The Labute approximate surface area is 104 Å². The Hall–Kier alpha value is -0.610. The molecule has 4 nitrogen and oxygen atoms in total. The van der Waals surface area contributed by atoms with Gasteiger partial charge in [0.15, 0.2) is 6.10 Å². The van der Waals surface area contributed by atoms with Gasteiger partial charge in [-0.3, -0.25) is 0 Å². The maximum atomic E-state index is 11.8. The van der Waals surface area contributed by atoms with E-state index in [0.29, 0.717) is 13.0 Å². The van der Waals surface area contributed by atoms with Gasteiger partial charge >= 0.3 is 5.97 Å². The monoisotopic (exact) mass is 243 g/mol. The highest BCUT2D eigenvalue weighted by Crippen LogP contribution is 2.27. The minimum absolute atomic E-state index is 0.0153. The van der Waals surface area contributed by atoms with Crippen molar-refractivity contribution >= 4 is 5.97 Å². The van der Waals surface area contributed by atoms with Crippen molar-refractivity contribution in [1.29, 1.82) is 0 Å². The number of esters is 1. The van der Waals surface area contributed by atoms with Gasteiger partial charge in [-0.2, -0.15) is 0 Å². The molecule has 0 radical (unpaired) electrons. The van der Waals surface area contributed by atoms with Crippen molar-refractivity contribution in [3.05, 3.63) is 0 Å². The van der Waals surface area contributed by atoms with Crippen LogP contribution in [-0.4, -0.2) is 30.1 Å². The van der Waals surface area contributed by atoms with Gasteiger partial charge in [0.1, 0.15) is 1.37 Å². The third kappa shape index (κ3) is 3.68. The summed E-state index contributed by atoms with van der Waals surface area (Å²) in [6, 6.07) is 0. The van der Waals surface area contributed by atoms with Gasteiger partial charge in [0.2, 0.25) is 6.27 Å². The van der Waals surface area contributed by atoms with E-state index in [2.05, 4.69) is 0 Å². The Morgan fingerprint density at radius 1 is 1.24 bits per heavy atom. The molecule has 0 aromatic carbocycles. The van der Waals surface area contributed by atoms with Crippen LogP contribution in [0.3, 0.4) is 0 Å². The van der Waals surface area contributed by atoms with Gasteiger partial charge in [-0.1, -0.05) is 19.3 Å². The molecule has 2 atom stereocenters. The summed E-state index contributed by atoms with van der Waals surface area (Å²) in [4.78, 5) is 11.8. The molecule has 1 aliphatic heterocycles. The van der Waals surface area contributed by atoms with Crippen LogP contribution in [0.5, 0.6) is 0 Å². The number of aliphatic hydroxyl groups is 1. The molecule has 0 aromatic rings. The predicted octanol–water partition coefficient (Wildman–Crippen LogP) is 2.00. The average molecular weight is 243 g/mol. The van der Waals surface area contributed by atoms with Crippen LogP contribution in [0.15, 0.2) is 0 Å². The molecule has 2 fully saturated rings. The Balaban J connectivity index is 1.85. The van der Waals surface area contributed by atoms with Crippen LogP contribution in [0.2, 0.25) is 0 Å². The van der Waals surface area contributed by atoms with Crippen LogP contribution < -0.4 is 0 Å². The number of carbonyl (C=O) groups excluding carboxylic acids is 1. The van der Waals surface area contributed by atoms with Crippen LogP contribution in [0.4, 0.5) is 0 Å². The van der Waals surface area contributed by atoms with Crippen molar-refractivity contribution in [3.8, 4) is 0 Å². The molecule has 0 aromatic heterocycles. The molecule has 2 aliphatic rings. The molecule has 1 N–H and O–H groups in total. The maximum Gasteiger partial charge on any atom is 0.337 e. The maximum absolute atomic E-state index is 11.8. The third-order valence-corrected chi connectivity index (χ3v) is 3.59. The van der Waals surface area contributed by atoms with Crippen molar-refractivity contribution in [2.24, 2.45) is 5.92 Å². The molecule has 1 heterocycles. The molecule has 17 heavy (non-hydrogen) atoms. The van der Waals surface area contributed by atoms with E-state index in [4.69, 9.17) is 10.8 Å². The first-order valence-electron chi connectivity index (χ1n) is 7.16. The highest BCUT2D eigenvalue weighted by Gasteiger charge is 2.30. The third-order valence-electron chi connectivity index (χ3n) is 3.59. The lowest BCUT2D eigenvalue weighted by atomic mass is 9.85. The van der Waals surface area contributed by atoms with Gasteiger partial charge in [0.05, 0.1) is 6.61 Å². The number of carbonyl (C=O) groups is 1. The molecule has 4 heteroatoms. The van der Waals surface area contributed by atoms with Crippen LogP contribution in [0.25, 0.3) is 0 Å². The van der Waals surface area contributed by atoms with E-state index in [-0.39, 0.29) is 5.92 Å². The van der Waals surface area contributed by atoms with Crippen LogP contribution >= 0.6 is 0 Å². The summed E-state index contributed by atoms with van der Waals surface area (Å²) in [5, 5.41) is 9.97. The first kappa shape index (κ1) is 11.5. The van der Waals surface area contributed by atoms with E-state index in [0.717, 1.165) is 38.5 Å². The molecular weight excluding hydrogens is 220 g/mol. The van der Waals surface area contributed by atoms with Crippen LogP contribution in [0, 0.1) is 5.92 Å². The topological polar surface area (TPSA) is 55.8 Å². The molecule has 98 valence electrons. The number of hydrogen-bond acceptors (Lipinski definition) is 4. The zero-order valence-corrected chi connectivity index (χ0v) is 10.2. The van der Waals surface area contributed by atoms with E-state index < -0.39 is 18.3 Å². The average Bonchev–Trinajstić information content (AvgIpc) is 2.39. The van der Waals surface area contributed by atoms with Gasteiger partial charge in [-0.15, -0.1) is 0 Å². The lowest BCUT2D eigenvalue weighted by Gasteiger charge is -2.28. The van der Waals surface area contributed by atoms with Crippen LogP contribution in [0.1, 0.15) is 52.7 Å². The van der Waals surface area contributed by atoms with E-state index in [1.807, 2.05) is 0 Å². The van der Waals surface area contributed by atoms with Gasteiger partial charge < -0.3 is 14.6 Å². The fourth-order valence-corrected chi connectivity index (χ4v) is 2.52. The normalized spacial score (nSPS) is 33.8. The summed E-state index contributed by atoms with van der Waals surface area (Å²) in [6.07, 6.45) is 4.42. The Morgan fingerprint density at radius 3 is 2.59 bits per heavy atom. The van der Waals surface area contributed by atoms with Crippen molar-refractivity contribution in [2.45, 2.75) is 63.7 Å². The van der Waals surface area contributed by atoms with E-state index >= 15 is 0 Å². The standard InChI is InChI=1S/C13H22O4/c14-12(10-6-2-1-3-7-10)13(15)17-11-8-4-5-9-16-11/h10-12,14H,1-9H2/i11D. The number of aliphatic hydroxyl groups excluding tert-OH is 1. The second-order valence-corrected chi connectivity index (χ2v) is 4.94. The Bertz CT molecular complexity index is 283. The summed E-state index contributed by atoms with van der Waals surface area (Å²) in [5.74, 6) is -0.711. The van der Waals surface area contributed by atoms with Gasteiger partial charge in [0, 0.05) is 6.42 Å². The second kappa shape index (κ2) is 6.36. The summed E-state index contributed by atoms with van der Waals surface area (Å²) < 4.78 is 18.1. The molecule has 0 bridgehead atoms. The second-order valence-electron chi connectivity index (χ2n) is 4.94. The van der Waals surface area contributed by atoms with Crippen molar-refractivity contribution in [1.82, 2.24) is 0 Å². The molecule has 2 unspecified atom stereocenters. The lowest BCUT2D eigenvalue weighted by molar-refractivity contribution is -0.197.